The predicted octanol–water partition coefficient (Wildman–Crippen LogP) is 5.40. The van der Waals surface area contributed by atoms with E-state index in [2.05, 4.69) is 60.4 Å². The molecule has 1 saturated heterocycles. The lowest BCUT2D eigenvalue weighted by atomic mass is 10.0. The first kappa shape index (κ1) is 25.3. The lowest BCUT2D eigenvalue weighted by Gasteiger charge is -2.36. The number of carbonyl (C=O) groups excluding carboxylic acids is 1. The molecule has 0 spiro atoms. The number of carbonyl (C=O) groups is 1. The van der Waals surface area contributed by atoms with Crippen LogP contribution in [-0.2, 0) is 6.54 Å². The number of H-pyrrole nitrogens is 1. The Morgan fingerprint density at radius 3 is 2.92 bits per heavy atom. The van der Waals surface area contributed by atoms with Crippen molar-refractivity contribution in [3.05, 3.63) is 65.2 Å². The lowest BCUT2D eigenvalue weighted by molar-refractivity contribution is 0.215. The quantitative estimate of drug-likeness (QED) is 0.264. The van der Waals surface area contributed by atoms with E-state index in [0.29, 0.717) is 35.6 Å². The molecule has 1 aliphatic heterocycles. The maximum atomic E-state index is 12.8. The first-order valence-electron chi connectivity index (χ1n) is 12.7. The summed E-state index contributed by atoms with van der Waals surface area (Å²) in [6, 6.07) is 10.4. The molecule has 194 valence electrons. The summed E-state index contributed by atoms with van der Waals surface area (Å²) in [7, 11) is 0. The van der Waals surface area contributed by atoms with E-state index in [0.717, 1.165) is 53.6 Å². The van der Waals surface area contributed by atoms with Gasteiger partial charge in [-0.2, -0.15) is 5.10 Å². The molecule has 4 heterocycles. The molecule has 1 aliphatic rings. The minimum atomic E-state index is -0.582. The van der Waals surface area contributed by atoms with Crippen LogP contribution in [0.25, 0.3) is 11.0 Å². The van der Waals surface area contributed by atoms with Crippen molar-refractivity contribution in [1.29, 1.82) is 0 Å². The fourth-order valence-electron chi connectivity index (χ4n) is 4.71. The van der Waals surface area contributed by atoms with Gasteiger partial charge in [0.25, 0.3) is 0 Å². The SMILES string of the molecule is CC(C)CN[C@@H]1CCCN(c2c(Br)cnc3[nH]cc(NC(=O)Oc4cnn(Cc5ccccc5)c4)c23)C1. The highest BCUT2D eigenvalue weighted by molar-refractivity contribution is 9.10. The van der Waals surface area contributed by atoms with Gasteiger partial charge in [-0.05, 0) is 46.8 Å². The molecule has 1 aromatic carbocycles. The molecule has 9 nitrogen and oxygen atoms in total. The molecule has 0 unspecified atom stereocenters. The van der Waals surface area contributed by atoms with E-state index in [1.165, 1.54) is 0 Å². The summed E-state index contributed by atoms with van der Waals surface area (Å²) in [5.41, 5.74) is 3.47. The van der Waals surface area contributed by atoms with Crippen molar-refractivity contribution in [1.82, 2.24) is 25.1 Å². The van der Waals surface area contributed by atoms with Gasteiger partial charge in [0.05, 0.1) is 40.2 Å². The number of aromatic amines is 1. The molecular formula is C27H32BrN7O2. The van der Waals surface area contributed by atoms with Gasteiger partial charge in [-0.1, -0.05) is 44.2 Å². The number of hydrogen-bond acceptors (Lipinski definition) is 6. The number of halogens is 1. The molecule has 0 radical (unpaired) electrons. The van der Waals surface area contributed by atoms with E-state index in [1.54, 1.807) is 23.3 Å². The molecule has 37 heavy (non-hydrogen) atoms. The third-order valence-electron chi connectivity index (χ3n) is 6.43. The molecular weight excluding hydrogens is 534 g/mol. The average molecular weight is 567 g/mol. The fraction of sp³-hybridized carbons (Fsp3) is 0.370. The molecule has 10 heteroatoms. The number of ether oxygens (including phenoxy) is 1. The smallest absolute Gasteiger partial charge is 0.407 e. The first-order valence-corrected chi connectivity index (χ1v) is 13.4. The monoisotopic (exact) mass is 565 g/mol. The maximum Gasteiger partial charge on any atom is 0.417 e. The van der Waals surface area contributed by atoms with Crippen molar-refractivity contribution in [2.45, 2.75) is 39.3 Å². The minimum Gasteiger partial charge on any atom is -0.407 e. The van der Waals surface area contributed by atoms with Crippen LogP contribution in [0.4, 0.5) is 16.2 Å². The number of piperidine rings is 1. The molecule has 3 aromatic heterocycles. The van der Waals surface area contributed by atoms with Gasteiger partial charge in [-0.3, -0.25) is 10.00 Å². The second-order valence-corrected chi connectivity index (χ2v) is 10.7. The zero-order valence-electron chi connectivity index (χ0n) is 21.1. The van der Waals surface area contributed by atoms with Gasteiger partial charge in [0.15, 0.2) is 5.75 Å². The Morgan fingerprint density at radius 1 is 1.27 bits per heavy atom. The van der Waals surface area contributed by atoms with E-state index < -0.39 is 6.09 Å². The van der Waals surface area contributed by atoms with Crippen LogP contribution in [0.5, 0.6) is 5.75 Å². The number of fused-ring (bicyclic) bond motifs is 1. The molecule has 3 N–H and O–H groups in total. The Balaban J connectivity index is 1.30. The van der Waals surface area contributed by atoms with Crippen LogP contribution in [0.2, 0.25) is 0 Å². The van der Waals surface area contributed by atoms with Crippen LogP contribution >= 0.6 is 15.9 Å². The number of pyridine rings is 1. The van der Waals surface area contributed by atoms with Gasteiger partial charge >= 0.3 is 6.09 Å². The van der Waals surface area contributed by atoms with E-state index in [4.69, 9.17) is 4.74 Å². The summed E-state index contributed by atoms with van der Waals surface area (Å²) < 4.78 is 8.17. The van der Waals surface area contributed by atoms with E-state index >= 15 is 0 Å². The zero-order valence-corrected chi connectivity index (χ0v) is 22.7. The van der Waals surface area contributed by atoms with Crippen LogP contribution in [-0.4, -0.2) is 51.5 Å². The Kier molecular flexibility index (Phi) is 7.76. The zero-order chi connectivity index (χ0) is 25.8. The number of benzene rings is 1. The summed E-state index contributed by atoms with van der Waals surface area (Å²) in [6.07, 6.45) is 8.48. The molecule has 1 amide bonds. The van der Waals surface area contributed by atoms with Gasteiger partial charge in [-0.25, -0.2) is 9.78 Å². The van der Waals surface area contributed by atoms with Crippen LogP contribution in [0.1, 0.15) is 32.3 Å². The van der Waals surface area contributed by atoms with Crippen molar-refractivity contribution in [3.8, 4) is 5.75 Å². The van der Waals surface area contributed by atoms with E-state index in [9.17, 15) is 4.79 Å². The number of amides is 1. The van der Waals surface area contributed by atoms with Crippen molar-refractivity contribution in [3.63, 3.8) is 0 Å². The van der Waals surface area contributed by atoms with Gasteiger partial charge in [0.1, 0.15) is 5.65 Å². The average Bonchev–Trinajstić information content (AvgIpc) is 3.50. The Hall–Kier alpha value is -3.37. The summed E-state index contributed by atoms with van der Waals surface area (Å²) in [4.78, 5) is 22.9. The second-order valence-electron chi connectivity index (χ2n) is 9.84. The number of rotatable bonds is 8. The fourth-order valence-corrected chi connectivity index (χ4v) is 5.26. The van der Waals surface area contributed by atoms with Gasteiger partial charge in [0, 0.05) is 31.5 Å². The van der Waals surface area contributed by atoms with Gasteiger partial charge in [-0.15, -0.1) is 0 Å². The highest BCUT2D eigenvalue weighted by atomic mass is 79.9. The summed E-state index contributed by atoms with van der Waals surface area (Å²) >= 11 is 3.71. The summed E-state index contributed by atoms with van der Waals surface area (Å²) in [6.45, 7) is 7.87. The Morgan fingerprint density at radius 2 is 2.11 bits per heavy atom. The Bertz CT molecular complexity index is 1350. The van der Waals surface area contributed by atoms with Crippen molar-refractivity contribution in [2.24, 2.45) is 5.92 Å². The molecule has 4 aromatic rings. The molecule has 0 bridgehead atoms. The minimum absolute atomic E-state index is 0.378. The first-order chi connectivity index (χ1) is 18.0. The van der Waals surface area contributed by atoms with Gasteiger partial charge in [0.2, 0.25) is 0 Å². The summed E-state index contributed by atoms with van der Waals surface area (Å²) in [5, 5.41) is 11.8. The molecule has 1 atom stereocenters. The van der Waals surface area contributed by atoms with Crippen molar-refractivity contribution >= 4 is 44.4 Å². The number of nitrogens with one attached hydrogen (secondary N) is 3. The number of nitrogens with zero attached hydrogens (tertiary/aromatic N) is 4. The van der Waals surface area contributed by atoms with Crippen LogP contribution in [0, 0.1) is 5.92 Å². The van der Waals surface area contributed by atoms with E-state index in [1.807, 2.05) is 36.5 Å². The molecule has 1 fully saturated rings. The topological polar surface area (TPSA) is 100 Å². The standard InChI is InChI=1S/C27H32BrN7O2/c1-18(2)11-29-20-9-6-10-34(16-20)25-22(28)13-30-26-24(25)23(14-31-26)33-27(36)37-21-12-32-35(17-21)15-19-7-4-3-5-8-19/h3-5,7-8,12-14,17-18,20,29H,6,9-11,15-16H2,1-2H3,(H,30,31)(H,33,36)/t20-/m1/s1. The third-order valence-corrected chi connectivity index (χ3v) is 7.01. The number of aromatic nitrogens is 4. The van der Waals surface area contributed by atoms with Crippen molar-refractivity contribution < 1.29 is 9.53 Å². The van der Waals surface area contributed by atoms with Crippen LogP contribution in [0.15, 0.2) is 59.6 Å². The van der Waals surface area contributed by atoms with Crippen molar-refractivity contribution in [2.75, 3.05) is 29.9 Å². The summed E-state index contributed by atoms with van der Waals surface area (Å²) in [5.74, 6) is 0.981. The molecule has 0 saturated carbocycles. The lowest BCUT2D eigenvalue weighted by Crippen LogP contribution is -2.46. The number of anilines is 2. The number of hydrogen-bond donors (Lipinski definition) is 3. The highest BCUT2D eigenvalue weighted by Gasteiger charge is 2.25. The second kappa shape index (κ2) is 11.4. The largest absolute Gasteiger partial charge is 0.417 e. The third kappa shape index (κ3) is 6.14. The van der Waals surface area contributed by atoms with Crippen LogP contribution in [0.3, 0.4) is 0 Å². The molecule has 5 rings (SSSR count). The normalized spacial score (nSPS) is 15.9. The van der Waals surface area contributed by atoms with Crippen LogP contribution < -0.4 is 20.3 Å². The Labute approximate surface area is 224 Å². The van der Waals surface area contributed by atoms with Gasteiger partial charge < -0.3 is 19.9 Å². The van der Waals surface area contributed by atoms with E-state index in [-0.39, 0.29) is 0 Å². The molecule has 0 aliphatic carbocycles. The maximum absolute atomic E-state index is 12.8. The highest BCUT2D eigenvalue weighted by Crippen LogP contribution is 2.39. The predicted molar refractivity (Wildman–Crippen MR) is 149 cm³/mol.